The van der Waals surface area contributed by atoms with Gasteiger partial charge in [0.1, 0.15) is 0 Å². The van der Waals surface area contributed by atoms with Crippen LogP contribution in [-0.2, 0) is 43.0 Å². The fraction of sp³-hybridized carbons (Fsp3) is 0.600. The van der Waals surface area contributed by atoms with Gasteiger partial charge < -0.3 is 39.7 Å². The van der Waals surface area contributed by atoms with Crippen molar-refractivity contribution in [2.45, 2.75) is 36.9 Å². The second kappa shape index (κ2) is 12.2. The Morgan fingerprint density at radius 2 is 0.966 bits per heavy atom. The minimum absolute atomic E-state index is 0.675. The summed E-state index contributed by atoms with van der Waals surface area (Å²) in [5.41, 5.74) is -4.99. The highest BCUT2D eigenvalue weighted by atomic mass is 16.6. The van der Waals surface area contributed by atoms with Crippen LogP contribution in [0.1, 0.15) is 25.7 Å². The number of carboxylic acids is 3. The first-order chi connectivity index (χ1) is 13.2. The maximum absolute atomic E-state index is 11.2. The summed E-state index contributed by atoms with van der Waals surface area (Å²) in [6.45, 7) is 0. The Labute approximate surface area is 163 Å². The Hall–Kier alpha value is -3.26. The predicted molar refractivity (Wildman–Crippen MR) is 87.3 cm³/mol. The van der Waals surface area contributed by atoms with Crippen LogP contribution in [0.2, 0.25) is 0 Å². The number of ether oxygens (including phenoxy) is 3. The smallest absolute Gasteiger partial charge is 0.339 e. The van der Waals surface area contributed by atoms with E-state index in [0.717, 1.165) is 21.3 Å². The second-order valence-corrected chi connectivity index (χ2v) is 5.51. The van der Waals surface area contributed by atoms with Crippen LogP contribution in [0.25, 0.3) is 0 Å². The van der Waals surface area contributed by atoms with Crippen LogP contribution in [0.4, 0.5) is 0 Å². The van der Waals surface area contributed by atoms with Crippen LogP contribution in [-0.4, -0.2) is 93.9 Å². The molecule has 0 aliphatic heterocycles. The quantitative estimate of drug-likeness (QED) is 0.184. The lowest BCUT2D eigenvalue weighted by molar-refractivity contribution is -0.174. The van der Waals surface area contributed by atoms with E-state index in [-0.39, 0.29) is 0 Å². The second-order valence-electron chi connectivity index (χ2n) is 5.51. The highest BCUT2D eigenvalue weighted by molar-refractivity contribution is 5.90. The van der Waals surface area contributed by atoms with Crippen LogP contribution in [0.5, 0.6) is 0 Å². The predicted octanol–water partition coefficient (Wildman–Crippen LogP) is -2.23. The van der Waals surface area contributed by atoms with Crippen molar-refractivity contribution in [1.82, 2.24) is 0 Å². The lowest BCUT2D eigenvalue weighted by Gasteiger charge is -2.22. The molecule has 0 spiro atoms. The molecule has 0 saturated heterocycles. The molecule has 5 N–H and O–H groups in total. The number of carbonyl (C=O) groups is 6. The number of aliphatic hydroxyl groups is 2. The van der Waals surface area contributed by atoms with Crippen molar-refractivity contribution < 1.29 is 68.5 Å². The van der Waals surface area contributed by atoms with E-state index >= 15 is 0 Å². The van der Waals surface area contributed by atoms with E-state index in [2.05, 4.69) is 14.2 Å². The van der Waals surface area contributed by atoms with Crippen molar-refractivity contribution in [2.24, 2.45) is 0 Å². The monoisotopic (exact) mass is 426 g/mol. The van der Waals surface area contributed by atoms with Gasteiger partial charge in [-0.2, -0.15) is 0 Å². The summed E-state index contributed by atoms with van der Waals surface area (Å²) < 4.78 is 12.9. The van der Waals surface area contributed by atoms with Crippen molar-refractivity contribution in [2.75, 3.05) is 21.3 Å². The molecule has 166 valence electrons. The Kier molecular flexibility index (Phi) is 11.8. The molecule has 0 atom stereocenters. The number of carbonyl (C=O) groups excluding carboxylic acids is 3. The molecule has 0 aromatic heterocycles. The fourth-order valence-corrected chi connectivity index (χ4v) is 1.73. The molecule has 0 aromatic carbocycles. The van der Waals surface area contributed by atoms with Crippen molar-refractivity contribution >= 4 is 35.8 Å². The zero-order chi connectivity index (χ0) is 23.4. The maximum Gasteiger partial charge on any atom is 0.339 e. The van der Waals surface area contributed by atoms with E-state index in [1.165, 1.54) is 0 Å². The minimum atomic E-state index is -2.74. The third-order valence-corrected chi connectivity index (χ3v) is 3.18. The topological polar surface area (TPSA) is 231 Å². The molecule has 0 aromatic rings. The number of carboxylic acid groups (broad SMARTS) is 3. The lowest BCUT2D eigenvalue weighted by Crippen LogP contribution is -2.44. The molecule has 0 unspecified atom stereocenters. The van der Waals surface area contributed by atoms with E-state index in [1.54, 1.807) is 0 Å². The molecule has 0 rings (SSSR count). The number of hydrogen-bond donors (Lipinski definition) is 5. The lowest BCUT2D eigenvalue weighted by atomic mass is 9.96. The van der Waals surface area contributed by atoms with Gasteiger partial charge in [0.25, 0.3) is 0 Å². The Morgan fingerprint density at radius 3 is 1.17 bits per heavy atom. The normalized spacial score (nSPS) is 10.7. The number of esters is 3. The van der Waals surface area contributed by atoms with E-state index in [9.17, 15) is 33.9 Å². The summed E-state index contributed by atoms with van der Waals surface area (Å²) in [6, 6.07) is 0. The van der Waals surface area contributed by atoms with E-state index < -0.39 is 72.7 Å². The van der Waals surface area contributed by atoms with Crippen molar-refractivity contribution in [3.63, 3.8) is 0 Å². The Balaban J connectivity index is 0. The van der Waals surface area contributed by atoms with Gasteiger partial charge in [0.05, 0.1) is 47.0 Å². The number of aliphatic carboxylic acids is 3. The van der Waals surface area contributed by atoms with Crippen molar-refractivity contribution in [3.05, 3.63) is 0 Å². The highest BCUT2D eigenvalue weighted by Crippen LogP contribution is 2.19. The first kappa shape index (κ1) is 28.0. The van der Waals surface area contributed by atoms with Gasteiger partial charge >= 0.3 is 35.8 Å². The SMILES string of the molecule is COC(=O)CC(O)(CC(=O)OC)C(=O)OC.O=C(O)CC(O)(CC(=O)O)C(=O)O. The largest absolute Gasteiger partial charge is 0.481 e. The molecule has 0 heterocycles. The van der Waals surface area contributed by atoms with Crippen molar-refractivity contribution in [3.8, 4) is 0 Å². The third kappa shape index (κ3) is 10.6. The first-order valence-corrected chi connectivity index (χ1v) is 7.51. The average Bonchev–Trinajstić information content (AvgIpc) is 2.59. The van der Waals surface area contributed by atoms with Gasteiger partial charge in [-0.15, -0.1) is 0 Å². The molecule has 0 saturated carbocycles. The molecule has 14 heteroatoms. The van der Waals surface area contributed by atoms with E-state index in [4.69, 9.17) is 20.4 Å². The van der Waals surface area contributed by atoms with E-state index in [1.807, 2.05) is 0 Å². The van der Waals surface area contributed by atoms with Crippen LogP contribution < -0.4 is 0 Å². The number of rotatable bonds is 10. The van der Waals surface area contributed by atoms with Gasteiger partial charge in [0.2, 0.25) is 0 Å². The highest BCUT2D eigenvalue weighted by Gasteiger charge is 2.43. The Morgan fingerprint density at radius 1 is 0.621 bits per heavy atom. The molecule has 14 nitrogen and oxygen atoms in total. The molecular formula is C15H22O14. The zero-order valence-corrected chi connectivity index (χ0v) is 15.7. The zero-order valence-electron chi connectivity index (χ0n) is 15.7. The minimum Gasteiger partial charge on any atom is -0.481 e. The maximum atomic E-state index is 11.2. The Bertz CT molecular complexity index is 603. The number of hydrogen-bond acceptors (Lipinski definition) is 11. The van der Waals surface area contributed by atoms with Crippen LogP contribution in [0, 0.1) is 0 Å². The van der Waals surface area contributed by atoms with Gasteiger partial charge in [0, 0.05) is 0 Å². The molecule has 0 amide bonds. The van der Waals surface area contributed by atoms with E-state index in [0.29, 0.717) is 0 Å². The first-order valence-electron chi connectivity index (χ1n) is 7.51. The average molecular weight is 426 g/mol. The van der Waals surface area contributed by atoms with Crippen LogP contribution in [0.15, 0.2) is 0 Å². The van der Waals surface area contributed by atoms with Crippen LogP contribution in [0.3, 0.4) is 0 Å². The summed E-state index contributed by atoms with van der Waals surface area (Å²) >= 11 is 0. The molecule has 0 aliphatic rings. The third-order valence-electron chi connectivity index (χ3n) is 3.18. The molecule has 0 bridgehead atoms. The standard InChI is InChI=1S/C9H14O7.C6H8O7/c1-14-6(10)4-9(13,8(12)16-3)5-7(11)15-2;7-3(8)1-6(13,5(11)12)2-4(9)10/h13H,4-5H2,1-3H3;13H,1-2H2,(H,7,8)(H,9,10)(H,11,12). The molecule has 29 heavy (non-hydrogen) atoms. The van der Waals surface area contributed by atoms with Crippen molar-refractivity contribution in [1.29, 1.82) is 0 Å². The number of methoxy groups -OCH3 is 3. The molecule has 0 radical (unpaired) electrons. The van der Waals surface area contributed by atoms with Gasteiger partial charge in [-0.05, 0) is 0 Å². The summed E-state index contributed by atoms with van der Waals surface area (Å²) in [5.74, 6) is -7.79. The van der Waals surface area contributed by atoms with Gasteiger partial charge in [-0.3, -0.25) is 19.2 Å². The van der Waals surface area contributed by atoms with Gasteiger partial charge in [-0.1, -0.05) is 0 Å². The van der Waals surface area contributed by atoms with Crippen LogP contribution >= 0.6 is 0 Å². The summed E-state index contributed by atoms with van der Waals surface area (Å²) in [7, 11) is 3.22. The fourth-order valence-electron chi connectivity index (χ4n) is 1.73. The summed E-state index contributed by atoms with van der Waals surface area (Å²) in [5, 5.41) is 43.6. The molecule has 0 fully saturated rings. The van der Waals surface area contributed by atoms with Gasteiger partial charge in [-0.25, -0.2) is 9.59 Å². The molecular weight excluding hydrogens is 404 g/mol. The van der Waals surface area contributed by atoms with Gasteiger partial charge in [0.15, 0.2) is 11.2 Å². The molecule has 0 aliphatic carbocycles. The summed E-state index contributed by atoms with van der Waals surface area (Å²) in [4.78, 5) is 63.7. The summed E-state index contributed by atoms with van der Waals surface area (Å²) in [6.07, 6.45) is -3.64.